The fraction of sp³-hybridized carbons (Fsp3) is 0.579. The molecular weight excluding hydrogens is 358 g/mol. The van der Waals surface area contributed by atoms with Gasteiger partial charge in [-0.1, -0.05) is 18.2 Å². The normalized spacial score (nSPS) is 28.3. The lowest BCUT2D eigenvalue weighted by atomic mass is 10.00. The summed E-state index contributed by atoms with van der Waals surface area (Å²) in [5.74, 6) is -1.08. The Hall–Kier alpha value is -2.06. The molecule has 1 spiro atoms. The van der Waals surface area contributed by atoms with Crippen LogP contribution in [-0.4, -0.2) is 61.3 Å². The van der Waals surface area contributed by atoms with Crippen molar-refractivity contribution in [3.63, 3.8) is 0 Å². The number of morpholine rings is 1. The summed E-state index contributed by atoms with van der Waals surface area (Å²) in [6, 6.07) is 8.30. The highest BCUT2D eigenvalue weighted by Gasteiger charge is 2.58. The Kier molecular flexibility index (Phi) is 4.63. The summed E-state index contributed by atoms with van der Waals surface area (Å²) in [5.41, 5.74) is -1.10. The standard InChI is InChI=1S/C19H22F2N2O4/c20-19(21)17(25)23(15-4-2-1-3-5-15)12-18(27-19)11-22(8-9-26-13-18)16(24)10-14-6-7-14/h1-5,14H,6-13H2. The Morgan fingerprint density at radius 2 is 1.93 bits per heavy atom. The van der Waals surface area contributed by atoms with Crippen LogP contribution in [0.3, 0.4) is 0 Å². The van der Waals surface area contributed by atoms with E-state index in [1.54, 1.807) is 35.2 Å². The van der Waals surface area contributed by atoms with E-state index >= 15 is 0 Å². The molecule has 3 fully saturated rings. The van der Waals surface area contributed by atoms with E-state index in [4.69, 9.17) is 9.47 Å². The van der Waals surface area contributed by atoms with Gasteiger partial charge < -0.3 is 14.5 Å². The summed E-state index contributed by atoms with van der Waals surface area (Å²) in [4.78, 5) is 27.4. The maximum Gasteiger partial charge on any atom is 0.437 e. The minimum absolute atomic E-state index is 0.0231. The highest BCUT2D eigenvalue weighted by molar-refractivity contribution is 5.98. The van der Waals surface area contributed by atoms with Crippen LogP contribution in [0.4, 0.5) is 14.5 Å². The molecule has 0 bridgehead atoms. The van der Waals surface area contributed by atoms with Gasteiger partial charge in [-0.15, -0.1) is 0 Å². The van der Waals surface area contributed by atoms with E-state index in [0.29, 0.717) is 24.6 Å². The van der Waals surface area contributed by atoms with E-state index < -0.39 is 17.6 Å². The molecule has 8 heteroatoms. The fourth-order valence-electron chi connectivity index (χ4n) is 3.66. The van der Waals surface area contributed by atoms with Crippen molar-refractivity contribution in [1.29, 1.82) is 0 Å². The first-order chi connectivity index (χ1) is 12.9. The molecule has 6 nitrogen and oxygen atoms in total. The first-order valence-corrected chi connectivity index (χ1v) is 9.19. The summed E-state index contributed by atoms with van der Waals surface area (Å²) in [7, 11) is 0. The van der Waals surface area contributed by atoms with Crippen molar-refractivity contribution in [2.75, 3.05) is 37.7 Å². The van der Waals surface area contributed by atoms with Gasteiger partial charge in [-0.25, -0.2) is 0 Å². The first-order valence-electron chi connectivity index (χ1n) is 9.19. The van der Waals surface area contributed by atoms with E-state index in [1.165, 1.54) is 0 Å². The lowest BCUT2D eigenvalue weighted by Gasteiger charge is -2.45. The number of hydrogen-bond donors (Lipinski definition) is 0. The van der Waals surface area contributed by atoms with Gasteiger partial charge in [-0.05, 0) is 30.9 Å². The van der Waals surface area contributed by atoms with Crippen LogP contribution in [0.25, 0.3) is 0 Å². The molecule has 1 aromatic rings. The minimum Gasteiger partial charge on any atom is -0.376 e. The number of alkyl halides is 2. The molecule has 27 heavy (non-hydrogen) atoms. The second-order valence-corrected chi connectivity index (χ2v) is 7.54. The summed E-state index contributed by atoms with van der Waals surface area (Å²) < 4.78 is 39.5. The number of carbonyl (C=O) groups excluding carboxylic acids is 2. The van der Waals surface area contributed by atoms with Crippen LogP contribution in [-0.2, 0) is 19.1 Å². The number of anilines is 1. The van der Waals surface area contributed by atoms with Crippen molar-refractivity contribution in [2.45, 2.75) is 31.0 Å². The maximum absolute atomic E-state index is 14.5. The molecule has 2 amide bonds. The lowest BCUT2D eigenvalue weighted by Crippen LogP contribution is -2.66. The number of carbonyl (C=O) groups is 2. The van der Waals surface area contributed by atoms with Gasteiger partial charge in [0, 0.05) is 18.7 Å². The van der Waals surface area contributed by atoms with Crippen molar-refractivity contribution in [2.24, 2.45) is 5.92 Å². The summed E-state index contributed by atoms with van der Waals surface area (Å²) in [6.07, 6.45) is -1.49. The Bertz CT molecular complexity index is 726. The van der Waals surface area contributed by atoms with Crippen LogP contribution >= 0.6 is 0 Å². The van der Waals surface area contributed by atoms with E-state index in [-0.39, 0.29) is 32.2 Å². The molecule has 2 heterocycles. The third-order valence-electron chi connectivity index (χ3n) is 5.22. The number of rotatable bonds is 3. The van der Waals surface area contributed by atoms with Crippen molar-refractivity contribution < 1.29 is 27.8 Å². The smallest absolute Gasteiger partial charge is 0.376 e. The topological polar surface area (TPSA) is 59.1 Å². The van der Waals surface area contributed by atoms with Crippen molar-refractivity contribution in [1.82, 2.24) is 4.90 Å². The second kappa shape index (κ2) is 6.83. The third-order valence-corrected chi connectivity index (χ3v) is 5.22. The third kappa shape index (κ3) is 3.82. The van der Waals surface area contributed by atoms with Gasteiger partial charge in [0.25, 0.3) is 0 Å². The van der Waals surface area contributed by atoms with E-state index in [2.05, 4.69) is 0 Å². The van der Waals surface area contributed by atoms with Crippen LogP contribution < -0.4 is 4.90 Å². The first kappa shape index (κ1) is 18.3. The van der Waals surface area contributed by atoms with Crippen LogP contribution in [0.15, 0.2) is 30.3 Å². The highest BCUT2D eigenvalue weighted by Crippen LogP contribution is 2.38. The Labute approximate surface area is 156 Å². The summed E-state index contributed by atoms with van der Waals surface area (Å²) in [6.45, 7) is 0.365. The van der Waals surface area contributed by atoms with Gasteiger partial charge in [0.1, 0.15) is 5.60 Å². The number of para-hydroxylation sites is 1. The lowest BCUT2D eigenvalue weighted by molar-refractivity contribution is -0.293. The van der Waals surface area contributed by atoms with Crippen molar-refractivity contribution >= 4 is 17.5 Å². The SMILES string of the molecule is O=C(CC1CC1)N1CCOCC2(C1)CN(c1ccccc1)C(=O)C(F)(F)O2. The molecule has 0 N–H and O–H groups in total. The largest absolute Gasteiger partial charge is 0.437 e. The van der Waals surface area contributed by atoms with Gasteiger partial charge in [0.2, 0.25) is 5.91 Å². The molecular formula is C19H22F2N2O4. The minimum atomic E-state index is -3.98. The van der Waals surface area contributed by atoms with Crippen LogP contribution in [0, 0.1) is 5.92 Å². The predicted molar refractivity (Wildman–Crippen MR) is 92.3 cm³/mol. The van der Waals surface area contributed by atoms with E-state index in [0.717, 1.165) is 17.7 Å². The molecule has 146 valence electrons. The predicted octanol–water partition coefficient (Wildman–Crippen LogP) is 2.04. The average Bonchev–Trinajstić information content (AvgIpc) is 3.46. The zero-order valence-corrected chi connectivity index (χ0v) is 14.9. The number of amides is 2. The Morgan fingerprint density at radius 3 is 2.63 bits per heavy atom. The molecule has 1 aromatic carbocycles. The van der Waals surface area contributed by atoms with Gasteiger partial charge >= 0.3 is 12.0 Å². The van der Waals surface area contributed by atoms with Crippen LogP contribution in [0.5, 0.6) is 0 Å². The fourth-order valence-corrected chi connectivity index (χ4v) is 3.66. The highest BCUT2D eigenvalue weighted by atomic mass is 19.3. The molecule has 1 saturated carbocycles. The van der Waals surface area contributed by atoms with Gasteiger partial charge in [0.05, 0.1) is 26.3 Å². The van der Waals surface area contributed by atoms with Crippen LogP contribution in [0.2, 0.25) is 0 Å². The van der Waals surface area contributed by atoms with E-state index in [9.17, 15) is 18.4 Å². The summed E-state index contributed by atoms with van der Waals surface area (Å²) >= 11 is 0. The number of hydrogen-bond acceptors (Lipinski definition) is 4. The molecule has 4 rings (SSSR count). The number of nitrogens with zero attached hydrogens (tertiary/aromatic N) is 2. The van der Waals surface area contributed by atoms with Gasteiger partial charge in [0.15, 0.2) is 0 Å². The molecule has 1 atom stereocenters. The monoisotopic (exact) mass is 380 g/mol. The van der Waals surface area contributed by atoms with Crippen molar-refractivity contribution in [3.8, 4) is 0 Å². The molecule has 3 aliphatic rings. The van der Waals surface area contributed by atoms with Crippen LogP contribution in [0.1, 0.15) is 19.3 Å². The average molecular weight is 380 g/mol. The molecule has 0 aromatic heterocycles. The molecule has 2 saturated heterocycles. The maximum atomic E-state index is 14.5. The Balaban J connectivity index is 1.60. The number of ether oxygens (including phenoxy) is 2. The number of halogens is 2. The van der Waals surface area contributed by atoms with Gasteiger partial charge in [-0.3, -0.25) is 14.3 Å². The summed E-state index contributed by atoms with van der Waals surface area (Å²) in [5, 5.41) is 0. The molecule has 2 aliphatic heterocycles. The molecule has 1 aliphatic carbocycles. The zero-order valence-electron chi connectivity index (χ0n) is 14.9. The van der Waals surface area contributed by atoms with Crippen molar-refractivity contribution in [3.05, 3.63) is 30.3 Å². The number of benzene rings is 1. The zero-order chi connectivity index (χ0) is 19.1. The van der Waals surface area contributed by atoms with E-state index in [1.807, 2.05) is 0 Å². The Morgan fingerprint density at radius 1 is 1.19 bits per heavy atom. The van der Waals surface area contributed by atoms with Gasteiger partial charge in [-0.2, -0.15) is 8.78 Å². The quantitative estimate of drug-likeness (QED) is 0.805. The second-order valence-electron chi connectivity index (χ2n) is 7.54. The molecule has 1 unspecified atom stereocenters. The molecule has 0 radical (unpaired) electrons.